The minimum Gasteiger partial charge on any atom is -0.457 e. The molecule has 2 aromatic rings. The van der Waals surface area contributed by atoms with E-state index in [-0.39, 0.29) is 18.5 Å². The second kappa shape index (κ2) is 18.3. The number of amides is 2. The fourth-order valence-corrected chi connectivity index (χ4v) is 4.96. The predicted molar refractivity (Wildman–Crippen MR) is 169 cm³/mol. The standard InChI is InChI=1S/C35H50N2O5/c1-35(2,3)42-34(39)36-27-33(38)37-25-16-18-30(37)28-40-26-15-10-8-6-4-5-7-9-12-17-29-21-23-32(24-22-29)41-31-19-13-11-14-20-31/h11-14,17,19-24,30H,4-10,15-16,18,25-28H2,1-3H3,(H,36,39)/b17-12-/t30-/m0/s1. The Kier molecular flexibility index (Phi) is 14.4. The molecule has 2 aromatic carbocycles. The van der Waals surface area contributed by atoms with Gasteiger partial charge >= 0.3 is 6.09 Å². The molecule has 0 unspecified atom stereocenters. The van der Waals surface area contributed by atoms with Gasteiger partial charge in [-0.15, -0.1) is 0 Å². The number of carbonyl (C=O) groups excluding carboxylic acids is 2. The summed E-state index contributed by atoms with van der Waals surface area (Å²) < 4.78 is 17.0. The molecule has 0 radical (unpaired) electrons. The van der Waals surface area contributed by atoms with Crippen molar-refractivity contribution in [2.24, 2.45) is 0 Å². The molecule has 0 aliphatic carbocycles. The maximum atomic E-state index is 12.6. The van der Waals surface area contributed by atoms with Gasteiger partial charge in [0.15, 0.2) is 0 Å². The lowest BCUT2D eigenvalue weighted by atomic mass is 10.1. The molecular formula is C35H50N2O5. The molecule has 0 saturated carbocycles. The Hall–Kier alpha value is -3.32. The normalized spacial score (nSPS) is 15.2. The number of ether oxygens (including phenoxy) is 3. The lowest BCUT2D eigenvalue weighted by molar-refractivity contribution is -0.132. The second-order valence-corrected chi connectivity index (χ2v) is 12.0. The summed E-state index contributed by atoms with van der Waals surface area (Å²) in [6.45, 7) is 7.38. The number of likely N-dealkylation sites (tertiary alicyclic amines) is 1. The molecule has 1 saturated heterocycles. The molecule has 0 aromatic heterocycles. The Morgan fingerprint density at radius 1 is 0.905 bits per heavy atom. The average Bonchev–Trinajstić information content (AvgIpc) is 3.43. The average molecular weight is 579 g/mol. The Bertz CT molecular complexity index is 1080. The van der Waals surface area contributed by atoms with Gasteiger partial charge in [-0.05, 0) is 82.7 Å². The van der Waals surface area contributed by atoms with Gasteiger partial charge in [-0.3, -0.25) is 4.79 Å². The van der Waals surface area contributed by atoms with Crippen molar-refractivity contribution in [3.63, 3.8) is 0 Å². The minimum atomic E-state index is -0.580. The van der Waals surface area contributed by atoms with Gasteiger partial charge in [-0.25, -0.2) is 4.79 Å². The monoisotopic (exact) mass is 578 g/mol. The summed E-state index contributed by atoms with van der Waals surface area (Å²) in [7, 11) is 0. The summed E-state index contributed by atoms with van der Waals surface area (Å²) in [5.41, 5.74) is 0.615. The van der Waals surface area contributed by atoms with Crippen LogP contribution in [0, 0.1) is 0 Å². The SMILES string of the molecule is CC(C)(C)OC(=O)NCC(=O)N1CCC[C@H]1COCCCCCCCCC/C=C\c1ccc(Oc2ccccc2)cc1. The summed E-state index contributed by atoms with van der Waals surface area (Å²) in [4.78, 5) is 26.2. The summed E-state index contributed by atoms with van der Waals surface area (Å²) in [6, 6.07) is 18.1. The van der Waals surface area contributed by atoms with E-state index in [4.69, 9.17) is 14.2 Å². The van der Waals surface area contributed by atoms with E-state index in [0.29, 0.717) is 6.61 Å². The summed E-state index contributed by atoms with van der Waals surface area (Å²) in [6.07, 6.45) is 15.4. The Balaban J connectivity index is 1.14. The first kappa shape index (κ1) is 33.2. The maximum Gasteiger partial charge on any atom is 0.408 e. The number of para-hydroxylation sites is 1. The van der Waals surface area contributed by atoms with Crippen LogP contribution in [-0.4, -0.2) is 54.8 Å². The van der Waals surface area contributed by atoms with Crippen LogP contribution in [0.1, 0.15) is 90.5 Å². The third-order valence-electron chi connectivity index (χ3n) is 7.12. The largest absolute Gasteiger partial charge is 0.457 e. The second-order valence-electron chi connectivity index (χ2n) is 12.0. The summed E-state index contributed by atoms with van der Waals surface area (Å²) >= 11 is 0. The molecule has 1 fully saturated rings. The molecule has 1 aliphatic rings. The zero-order chi connectivity index (χ0) is 30.0. The third-order valence-corrected chi connectivity index (χ3v) is 7.12. The fourth-order valence-electron chi connectivity index (χ4n) is 4.96. The van der Waals surface area contributed by atoms with Gasteiger partial charge in [0.05, 0.1) is 12.6 Å². The highest BCUT2D eigenvalue weighted by molar-refractivity contribution is 5.82. The molecule has 2 amide bonds. The van der Waals surface area contributed by atoms with Crippen LogP contribution in [-0.2, 0) is 14.3 Å². The zero-order valence-corrected chi connectivity index (χ0v) is 25.8. The van der Waals surface area contributed by atoms with Gasteiger partial charge in [-0.1, -0.05) is 74.6 Å². The van der Waals surface area contributed by atoms with Crippen molar-refractivity contribution in [3.8, 4) is 11.5 Å². The molecule has 0 spiro atoms. The van der Waals surface area contributed by atoms with Gasteiger partial charge in [-0.2, -0.15) is 0 Å². The molecule has 1 N–H and O–H groups in total. The van der Waals surface area contributed by atoms with Crippen molar-refractivity contribution >= 4 is 18.1 Å². The molecule has 0 bridgehead atoms. The van der Waals surface area contributed by atoms with E-state index >= 15 is 0 Å². The first-order valence-corrected chi connectivity index (χ1v) is 15.6. The predicted octanol–water partition coefficient (Wildman–Crippen LogP) is 8.15. The van der Waals surface area contributed by atoms with Crippen LogP contribution in [0.2, 0.25) is 0 Å². The molecule has 1 atom stereocenters. The Morgan fingerprint density at radius 3 is 2.29 bits per heavy atom. The maximum absolute atomic E-state index is 12.6. The number of unbranched alkanes of at least 4 members (excludes halogenated alkanes) is 7. The van der Waals surface area contributed by atoms with Crippen LogP contribution in [0.25, 0.3) is 6.08 Å². The van der Waals surface area contributed by atoms with Crippen LogP contribution < -0.4 is 10.1 Å². The zero-order valence-electron chi connectivity index (χ0n) is 25.8. The number of benzene rings is 2. The van der Waals surface area contributed by atoms with Crippen LogP contribution in [0.5, 0.6) is 11.5 Å². The van der Waals surface area contributed by atoms with Crippen molar-refractivity contribution in [2.75, 3.05) is 26.3 Å². The van der Waals surface area contributed by atoms with E-state index in [1.54, 1.807) is 20.8 Å². The number of rotatable bonds is 17. The number of hydrogen-bond donors (Lipinski definition) is 1. The van der Waals surface area contributed by atoms with Gasteiger partial charge in [0.2, 0.25) is 5.91 Å². The molecule has 1 heterocycles. The van der Waals surface area contributed by atoms with Gasteiger partial charge in [0.25, 0.3) is 0 Å². The quantitative estimate of drug-likeness (QED) is 0.192. The van der Waals surface area contributed by atoms with Crippen molar-refractivity contribution in [3.05, 3.63) is 66.2 Å². The van der Waals surface area contributed by atoms with E-state index in [0.717, 1.165) is 50.3 Å². The van der Waals surface area contributed by atoms with E-state index in [1.807, 2.05) is 47.4 Å². The smallest absolute Gasteiger partial charge is 0.408 e. The molecule has 7 heteroatoms. The number of hydrogen-bond acceptors (Lipinski definition) is 5. The molecule has 230 valence electrons. The third kappa shape index (κ3) is 13.6. The van der Waals surface area contributed by atoms with Gasteiger partial charge < -0.3 is 24.4 Å². The van der Waals surface area contributed by atoms with Gasteiger partial charge in [0.1, 0.15) is 23.6 Å². The number of carbonyl (C=O) groups is 2. The molecular weight excluding hydrogens is 528 g/mol. The van der Waals surface area contributed by atoms with Crippen LogP contribution in [0.3, 0.4) is 0 Å². The van der Waals surface area contributed by atoms with Crippen LogP contribution in [0.15, 0.2) is 60.7 Å². The Morgan fingerprint density at radius 2 is 1.57 bits per heavy atom. The fraction of sp³-hybridized carbons (Fsp3) is 0.543. The van der Waals surface area contributed by atoms with E-state index in [2.05, 4.69) is 29.6 Å². The number of nitrogens with one attached hydrogen (secondary N) is 1. The van der Waals surface area contributed by atoms with Crippen LogP contribution >= 0.6 is 0 Å². The minimum absolute atomic E-state index is 0.0408. The molecule has 1 aliphatic heterocycles. The topological polar surface area (TPSA) is 77.1 Å². The Labute approximate surface area is 252 Å². The van der Waals surface area contributed by atoms with E-state index in [9.17, 15) is 9.59 Å². The highest BCUT2D eigenvalue weighted by Crippen LogP contribution is 2.22. The molecule has 3 rings (SSSR count). The number of allylic oxidation sites excluding steroid dienone is 1. The van der Waals surface area contributed by atoms with Crippen molar-refractivity contribution < 1.29 is 23.8 Å². The van der Waals surface area contributed by atoms with Crippen LogP contribution in [0.4, 0.5) is 4.79 Å². The molecule has 42 heavy (non-hydrogen) atoms. The lowest BCUT2D eigenvalue weighted by Gasteiger charge is -2.25. The first-order chi connectivity index (χ1) is 20.3. The van der Waals surface area contributed by atoms with Crippen molar-refractivity contribution in [1.82, 2.24) is 10.2 Å². The van der Waals surface area contributed by atoms with E-state index < -0.39 is 11.7 Å². The highest BCUT2D eigenvalue weighted by Gasteiger charge is 2.29. The lowest BCUT2D eigenvalue weighted by Crippen LogP contribution is -2.45. The number of nitrogens with zero attached hydrogens (tertiary/aromatic N) is 1. The van der Waals surface area contributed by atoms with Gasteiger partial charge in [0, 0.05) is 13.2 Å². The summed E-state index contributed by atoms with van der Waals surface area (Å²) in [5, 5.41) is 2.57. The number of alkyl carbamates (subject to hydrolysis) is 1. The van der Waals surface area contributed by atoms with Crippen molar-refractivity contribution in [1.29, 1.82) is 0 Å². The summed E-state index contributed by atoms with van der Waals surface area (Å²) in [5.74, 6) is 1.62. The first-order valence-electron chi connectivity index (χ1n) is 15.6. The molecule has 7 nitrogen and oxygen atoms in total. The highest BCUT2D eigenvalue weighted by atomic mass is 16.6. The van der Waals surface area contributed by atoms with E-state index in [1.165, 1.54) is 44.1 Å². The van der Waals surface area contributed by atoms with Crippen molar-refractivity contribution in [2.45, 2.75) is 96.6 Å².